The van der Waals surface area contributed by atoms with Crippen LogP contribution in [0.25, 0.3) is 16.6 Å². The number of benzene rings is 1. The van der Waals surface area contributed by atoms with Crippen molar-refractivity contribution in [3.8, 4) is 0 Å². The van der Waals surface area contributed by atoms with E-state index in [9.17, 15) is 23.4 Å². The maximum Gasteiger partial charge on any atom is 0.413 e. The topological polar surface area (TPSA) is 108 Å². The third kappa shape index (κ3) is 3.23. The van der Waals surface area contributed by atoms with Crippen LogP contribution in [0.15, 0.2) is 47.1 Å². The molecule has 7 atom stereocenters. The summed E-state index contributed by atoms with van der Waals surface area (Å²) in [5, 5.41) is 22.0. The zero-order valence-corrected chi connectivity index (χ0v) is 22.1. The lowest BCUT2D eigenvalue weighted by Gasteiger charge is -2.57. The lowest BCUT2D eigenvalue weighted by atomic mass is 9.56. The highest BCUT2D eigenvalue weighted by molar-refractivity contribution is 5.84. The lowest BCUT2D eigenvalue weighted by Crippen LogP contribution is -2.62. The molecule has 0 amide bonds. The van der Waals surface area contributed by atoms with Crippen molar-refractivity contribution in [2.75, 3.05) is 19.8 Å². The molecule has 2 bridgehead atoms. The summed E-state index contributed by atoms with van der Waals surface area (Å²) in [5.41, 5.74) is 6.06. The smallest absolute Gasteiger partial charge is 0.388 e. The standard InChI is InChI=1S/C29H33F3N4O3/c1-26-12-18(29(30,31)32)16-11-17-23(37)24(38)21(36(2)3)13-27(17)8-9-28(16,39-27)22(26)7-5-15(26)14-4-6-19-20(10-14)35-25(33)34-19/h4-6,10-11,21-24,37-38H,7-9,12-13H2,1-3H3,(H3,33,34,35)/t21-,22?,23+,24+,26+,27+,28+/m0/s1. The molecule has 3 heterocycles. The molecule has 208 valence electrons. The van der Waals surface area contributed by atoms with Crippen LogP contribution < -0.4 is 5.73 Å². The summed E-state index contributed by atoms with van der Waals surface area (Å²) in [7, 11) is 3.67. The fourth-order valence-corrected chi connectivity index (χ4v) is 8.57. The lowest BCUT2D eigenvalue weighted by molar-refractivity contribution is -0.170. The number of alkyl halides is 3. The van der Waals surface area contributed by atoms with Gasteiger partial charge >= 0.3 is 6.18 Å². The normalized spacial score (nSPS) is 39.5. The first-order chi connectivity index (χ1) is 18.3. The molecule has 1 unspecified atom stereocenters. The summed E-state index contributed by atoms with van der Waals surface area (Å²) in [6, 6.07) is 5.30. The summed E-state index contributed by atoms with van der Waals surface area (Å²) >= 11 is 0. The van der Waals surface area contributed by atoms with Gasteiger partial charge in [-0.05, 0) is 80.6 Å². The van der Waals surface area contributed by atoms with Crippen molar-refractivity contribution in [3.05, 3.63) is 52.6 Å². The molecule has 2 spiro atoms. The van der Waals surface area contributed by atoms with Crippen LogP contribution in [0.4, 0.5) is 19.1 Å². The first-order valence-corrected chi connectivity index (χ1v) is 13.5. The number of aliphatic hydroxyl groups is 2. The summed E-state index contributed by atoms with van der Waals surface area (Å²) < 4.78 is 51.5. The van der Waals surface area contributed by atoms with E-state index in [0.29, 0.717) is 42.7 Å². The van der Waals surface area contributed by atoms with Crippen LogP contribution in [0.3, 0.4) is 0 Å². The Hall–Kier alpha value is -2.66. The van der Waals surface area contributed by atoms with Gasteiger partial charge in [-0.25, -0.2) is 4.98 Å². The quantitative estimate of drug-likeness (QED) is 0.455. The SMILES string of the molecule is CN(C)[C@H]1C[C@@]23CC[C@@]4(O2)C(=C(C(F)(F)F)C[C@]2(C)C(c5ccc6[nH]c(N)nc6c5)=CCC24)C=C3[C@@H](O)[C@@H]1O. The van der Waals surface area contributed by atoms with Crippen LogP contribution in [-0.2, 0) is 4.74 Å². The van der Waals surface area contributed by atoms with Gasteiger partial charge in [-0.1, -0.05) is 25.1 Å². The van der Waals surface area contributed by atoms with Crippen LogP contribution in [-0.4, -0.2) is 74.8 Å². The van der Waals surface area contributed by atoms with Crippen LogP contribution in [0.2, 0.25) is 0 Å². The average molecular weight is 543 g/mol. The molecule has 1 aromatic heterocycles. The van der Waals surface area contributed by atoms with E-state index >= 15 is 0 Å². The maximum atomic E-state index is 14.9. The number of nitrogen functional groups attached to an aromatic ring is 1. The number of ether oxygens (including phenoxy) is 1. The third-order valence-electron chi connectivity index (χ3n) is 10.3. The van der Waals surface area contributed by atoms with E-state index in [4.69, 9.17) is 10.5 Å². The Morgan fingerprint density at radius 3 is 2.69 bits per heavy atom. The van der Waals surface area contributed by atoms with Crippen molar-refractivity contribution in [1.82, 2.24) is 14.9 Å². The van der Waals surface area contributed by atoms with E-state index < -0.39 is 40.6 Å². The molecule has 1 saturated carbocycles. The molecule has 5 aliphatic rings. The van der Waals surface area contributed by atoms with E-state index in [0.717, 1.165) is 16.7 Å². The molecule has 39 heavy (non-hydrogen) atoms. The highest BCUT2D eigenvalue weighted by Gasteiger charge is 2.69. The van der Waals surface area contributed by atoms with Crippen molar-refractivity contribution < 1.29 is 28.1 Å². The number of anilines is 1. The van der Waals surface area contributed by atoms with Gasteiger partial charge in [-0.15, -0.1) is 0 Å². The zero-order valence-electron chi connectivity index (χ0n) is 22.1. The number of imidazole rings is 1. The summed E-state index contributed by atoms with van der Waals surface area (Å²) in [5.74, 6) is 0.0837. The highest BCUT2D eigenvalue weighted by Crippen LogP contribution is 2.70. The Labute approximate surface area is 224 Å². The van der Waals surface area contributed by atoms with E-state index in [2.05, 4.69) is 16.0 Å². The molecule has 1 saturated heterocycles. The van der Waals surface area contributed by atoms with E-state index in [1.54, 1.807) is 6.08 Å². The Morgan fingerprint density at radius 1 is 1.21 bits per heavy atom. The Kier molecular flexibility index (Phi) is 5.03. The molecule has 5 N–H and O–H groups in total. The number of fused-ring (bicyclic) bond motifs is 2. The second-order valence-electron chi connectivity index (χ2n) is 12.5. The largest absolute Gasteiger partial charge is 0.413 e. The second-order valence-corrected chi connectivity index (χ2v) is 12.5. The fraction of sp³-hybridized carbons (Fsp3) is 0.552. The molecular formula is C29H33F3N4O3. The van der Waals surface area contributed by atoms with Gasteiger partial charge in [0.1, 0.15) is 6.10 Å². The van der Waals surface area contributed by atoms with Crippen molar-refractivity contribution in [3.63, 3.8) is 0 Å². The zero-order chi connectivity index (χ0) is 27.7. The van der Waals surface area contributed by atoms with Crippen molar-refractivity contribution in [2.24, 2.45) is 11.3 Å². The Morgan fingerprint density at radius 2 is 1.97 bits per heavy atom. The van der Waals surface area contributed by atoms with Gasteiger partial charge in [0.25, 0.3) is 0 Å². The fourth-order valence-electron chi connectivity index (χ4n) is 8.57. The molecule has 0 radical (unpaired) electrons. The first-order valence-electron chi connectivity index (χ1n) is 13.5. The van der Waals surface area contributed by atoms with Crippen molar-refractivity contribution in [2.45, 2.75) is 74.7 Å². The van der Waals surface area contributed by atoms with Crippen molar-refractivity contribution in [1.29, 1.82) is 0 Å². The number of aromatic amines is 1. The van der Waals surface area contributed by atoms with E-state index in [1.807, 2.05) is 44.1 Å². The van der Waals surface area contributed by atoms with Gasteiger partial charge in [0.15, 0.2) is 5.95 Å². The number of nitrogens with two attached hydrogens (primary N) is 1. The van der Waals surface area contributed by atoms with Crippen LogP contribution in [0.1, 0.15) is 44.6 Å². The predicted octanol–water partition coefficient (Wildman–Crippen LogP) is 4.10. The number of halogens is 3. The minimum absolute atomic E-state index is 0.139. The number of likely N-dealkylation sites (N-methyl/N-ethyl adjacent to an activating group) is 1. The van der Waals surface area contributed by atoms with Gasteiger partial charge in [0.2, 0.25) is 0 Å². The second kappa shape index (κ2) is 7.75. The van der Waals surface area contributed by atoms with Crippen LogP contribution >= 0.6 is 0 Å². The molecule has 2 aliphatic heterocycles. The van der Waals surface area contributed by atoms with Gasteiger partial charge in [0, 0.05) is 22.9 Å². The summed E-state index contributed by atoms with van der Waals surface area (Å²) in [6.45, 7) is 1.94. The van der Waals surface area contributed by atoms with Crippen LogP contribution in [0.5, 0.6) is 0 Å². The molecule has 1 aromatic carbocycles. The van der Waals surface area contributed by atoms with Gasteiger partial charge in [0.05, 0.1) is 28.3 Å². The monoisotopic (exact) mass is 542 g/mol. The molecule has 2 aromatic rings. The van der Waals surface area contributed by atoms with Crippen molar-refractivity contribution >= 4 is 22.6 Å². The molecule has 10 heteroatoms. The minimum atomic E-state index is -4.57. The molecule has 7 rings (SSSR count). The van der Waals surface area contributed by atoms with Gasteiger partial charge in [-0.2, -0.15) is 13.2 Å². The van der Waals surface area contributed by atoms with Crippen LogP contribution in [0, 0.1) is 11.3 Å². The van der Waals surface area contributed by atoms with E-state index in [-0.39, 0.29) is 24.0 Å². The molecular weight excluding hydrogens is 509 g/mol. The highest BCUT2D eigenvalue weighted by atomic mass is 19.4. The number of nitrogens with one attached hydrogen (secondary N) is 1. The Bertz CT molecular complexity index is 1490. The third-order valence-corrected chi connectivity index (χ3v) is 10.3. The number of rotatable bonds is 2. The summed E-state index contributed by atoms with van der Waals surface area (Å²) in [6.07, 6.45) is -1.60. The average Bonchev–Trinajstić information content (AvgIpc) is 3.50. The number of hydrogen-bond donors (Lipinski definition) is 4. The predicted molar refractivity (Wildman–Crippen MR) is 140 cm³/mol. The number of H-pyrrole nitrogens is 1. The Balaban J connectivity index is 1.39. The number of aliphatic hydroxyl groups excluding tert-OH is 2. The van der Waals surface area contributed by atoms with Gasteiger partial charge in [-0.3, -0.25) is 0 Å². The van der Waals surface area contributed by atoms with Gasteiger partial charge < -0.3 is 30.6 Å². The maximum absolute atomic E-state index is 14.9. The molecule has 2 fully saturated rings. The number of allylic oxidation sites excluding steroid dienone is 3. The minimum Gasteiger partial charge on any atom is -0.388 e. The number of aromatic nitrogens is 2. The first kappa shape index (κ1) is 25.3. The summed E-state index contributed by atoms with van der Waals surface area (Å²) in [4.78, 5) is 9.19. The number of nitrogens with zero attached hydrogens (tertiary/aromatic N) is 2. The molecule has 7 nitrogen and oxygen atoms in total. The van der Waals surface area contributed by atoms with E-state index in [1.165, 1.54) is 0 Å². The molecule has 3 aliphatic carbocycles. The number of hydrogen-bond acceptors (Lipinski definition) is 6.